The number of thioether (sulfide) groups is 1. The molecule has 146 valence electrons. The zero-order valence-electron chi connectivity index (χ0n) is 16.3. The molecule has 2 aromatic rings. The van der Waals surface area contributed by atoms with Crippen molar-refractivity contribution in [2.75, 3.05) is 13.3 Å². The van der Waals surface area contributed by atoms with Gasteiger partial charge in [0.05, 0.1) is 4.90 Å². The van der Waals surface area contributed by atoms with E-state index >= 15 is 0 Å². The van der Waals surface area contributed by atoms with Crippen molar-refractivity contribution >= 4 is 27.7 Å². The SMILES string of the molecule is CSc1ccc(CN(C)C(=O)c2ccc(S(=O)(=O)NC(C)(C)C)cc2)cc1. The smallest absolute Gasteiger partial charge is 0.253 e. The fraction of sp³-hybridized carbons (Fsp3) is 0.350. The topological polar surface area (TPSA) is 66.5 Å². The molecule has 0 saturated heterocycles. The molecule has 0 aliphatic heterocycles. The van der Waals surface area contributed by atoms with Crippen molar-refractivity contribution in [3.05, 3.63) is 59.7 Å². The predicted octanol–water partition coefficient (Wildman–Crippen LogP) is 3.76. The van der Waals surface area contributed by atoms with E-state index in [9.17, 15) is 13.2 Å². The average Bonchev–Trinajstić information content (AvgIpc) is 2.60. The standard InChI is InChI=1S/C20H26N2O3S2/c1-20(2,3)21-27(24,25)18-12-8-16(9-13-18)19(23)22(4)14-15-6-10-17(26-5)11-7-15/h6-13,21H,14H2,1-5H3. The Labute approximate surface area is 166 Å². The van der Waals surface area contributed by atoms with Crippen LogP contribution < -0.4 is 4.72 Å². The lowest BCUT2D eigenvalue weighted by molar-refractivity contribution is 0.0785. The van der Waals surface area contributed by atoms with Crippen molar-refractivity contribution in [2.45, 2.75) is 42.6 Å². The van der Waals surface area contributed by atoms with Gasteiger partial charge in [0.2, 0.25) is 10.0 Å². The van der Waals surface area contributed by atoms with Crippen molar-refractivity contribution in [3.63, 3.8) is 0 Å². The molecule has 1 N–H and O–H groups in total. The Morgan fingerprint density at radius 1 is 1.04 bits per heavy atom. The number of amides is 1. The number of carbonyl (C=O) groups is 1. The maximum Gasteiger partial charge on any atom is 0.253 e. The Hall–Kier alpha value is -1.83. The van der Waals surface area contributed by atoms with Crippen LogP contribution in [0.2, 0.25) is 0 Å². The van der Waals surface area contributed by atoms with Gasteiger partial charge in [0.25, 0.3) is 5.91 Å². The predicted molar refractivity (Wildman–Crippen MR) is 111 cm³/mol. The molecule has 2 rings (SSSR count). The van der Waals surface area contributed by atoms with E-state index in [0.717, 1.165) is 5.56 Å². The first kappa shape index (κ1) is 21.5. The number of nitrogens with one attached hydrogen (secondary N) is 1. The molecule has 0 radical (unpaired) electrons. The Morgan fingerprint density at radius 2 is 1.59 bits per heavy atom. The van der Waals surface area contributed by atoms with E-state index in [1.54, 1.807) is 56.6 Å². The van der Waals surface area contributed by atoms with Crippen molar-refractivity contribution in [3.8, 4) is 0 Å². The summed E-state index contributed by atoms with van der Waals surface area (Å²) in [5.41, 5.74) is 0.921. The van der Waals surface area contributed by atoms with E-state index in [0.29, 0.717) is 12.1 Å². The molecule has 0 aromatic heterocycles. The van der Waals surface area contributed by atoms with Crippen LogP contribution in [0.25, 0.3) is 0 Å². The van der Waals surface area contributed by atoms with Gasteiger partial charge in [-0.2, -0.15) is 0 Å². The summed E-state index contributed by atoms with van der Waals surface area (Å²) >= 11 is 1.67. The summed E-state index contributed by atoms with van der Waals surface area (Å²) in [6, 6.07) is 14.1. The van der Waals surface area contributed by atoms with E-state index in [-0.39, 0.29) is 10.8 Å². The Kier molecular flexibility index (Phi) is 6.72. The van der Waals surface area contributed by atoms with E-state index in [1.165, 1.54) is 17.0 Å². The third-order valence-electron chi connectivity index (χ3n) is 3.78. The van der Waals surface area contributed by atoms with Crippen LogP contribution in [0.15, 0.2) is 58.3 Å². The molecule has 5 nitrogen and oxygen atoms in total. The fourth-order valence-corrected chi connectivity index (χ4v) is 4.36. The number of sulfonamides is 1. The lowest BCUT2D eigenvalue weighted by atomic mass is 10.1. The van der Waals surface area contributed by atoms with Crippen molar-refractivity contribution in [1.82, 2.24) is 9.62 Å². The molecule has 2 aromatic carbocycles. The monoisotopic (exact) mass is 406 g/mol. The van der Waals surface area contributed by atoms with Gasteiger partial charge in [-0.1, -0.05) is 12.1 Å². The van der Waals surface area contributed by atoms with Crippen LogP contribution in [0.5, 0.6) is 0 Å². The van der Waals surface area contributed by atoms with Crippen LogP contribution in [-0.2, 0) is 16.6 Å². The van der Waals surface area contributed by atoms with E-state index < -0.39 is 15.6 Å². The highest BCUT2D eigenvalue weighted by Crippen LogP contribution is 2.17. The second-order valence-electron chi connectivity index (χ2n) is 7.39. The Morgan fingerprint density at radius 3 is 2.07 bits per heavy atom. The van der Waals surface area contributed by atoms with Gasteiger partial charge in [0.1, 0.15) is 0 Å². The molecule has 0 aliphatic rings. The van der Waals surface area contributed by atoms with Gasteiger partial charge in [-0.05, 0) is 69.0 Å². The maximum atomic E-state index is 12.6. The second kappa shape index (κ2) is 8.46. The highest BCUT2D eigenvalue weighted by atomic mass is 32.2. The minimum Gasteiger partial charge on any atom is -0.337 e. The van der Waals surface area contributed by atoms with E-state index in [4.69, 9.17) is 0 Å². The average molecular weight is 407 g/mol. The normalized spacial score (nSPS) is 12.0. The second-order valence-corrected chi connectivity index (χ2v) is 9.95. The largest absolute Gasteiger partial charge is 0.337 e. The number of nitrogens with zero attached hydrogens (tertiary/aromatic N) is 1. The molecule has 0 saturated carbocycles. The number of hydrogen-bond donors (Lipinski definition) is 1. The van der Waals surface area contributed by atoms with Gasteiger partial charge < -0.3 is 4.90 Å². The number of carbonyl (C=O) groups excluding carboxylic acids is 1. The number of benzene rings is 2. The van der Waals surface area contributed by atoms with Crippen molar-refractivity contribution < 1.29 is 13.2 Å². The van der Waals surface area contributed by atoms with Crippen LogP contribution in [-0.4, -0.2) is 38.1 Å². The van der Waals surface area contributed by atoms with Gasteiger partial charge in [-0.15, -0.1) is 11.8 Å². The summed E-state index contributed by atoms with van der Waals surface area (Å²) in [4.78, 5) is 15.6. The van der Waals surface area contributed by atoms with Gasteiger partial charge >= 0.3 is 0 Å². The van der Waals surface area contributed by atoms with Crippen molar-refractivity contribution in [1.29, 1.82) is 0 Å². The molecule has 0 aliphatic carbocycles. The van der Waals surface area contributed by atoms with Crippen LogP contribution >= 0.6 is 11.8 Å². The molecular formula is C20H26N2O3S2. The van der Waals surface area contributed by atoms with Crippen molar-refractivity contribution in [2.24, 2.45) is 0 Å². The first-order valence-electron chi connectivity index (χ1n) is 8.54. The minimum atomic E-state index is -3.61. The molecule has 1 amide bonds. The Bertz CT molecular complexity index is 884. The van der Waals surface area contributed by atoms with Gasteiger partial charge in [-0.3, -0.25) is 4.79 Å². The highest BCUT2D eigenvalue weighted by molar-refractivity contribution is 7.98. The van der Waals surface area contributed by atoms with Gasteiger partial charge in [-0.25, -0.2) is 13.1 Å². The summed E-state index contributed by atoms with van der Waals surface area (Å²) in [7, 11) is -1.88. The lowest BCUT2D eigenvalue weighted by Crippen LogP contribution is -2.40. The summed E-state index contributed by atoms with van der Waals surface area (Å²) in [6.07, 6.45) is 2.02. The van der Waals surface area contributed by atoms with E-state index in [2.05, 4.69) is 4.72 Å². The summed E-state index contributed by atoms with van der Waals surface area (Å²) in [5.74, 6) is -0.156. The Balaban J connectivity index is 2.10. The first-order valence-corrected chi connectivity index (χ1v) is 11.2. The maximum absolute atomic E-state index is 12.6. The number of hydrogen-bond acceptors (Lipinski definition) is 4. The van der Waals surface area contributed by atoms with Crippen LogP contribution in [0.1, 0.15) is 36.7 Å². The molecule has 0 unspecified atom stereocenters. The molecule has 0 spiro atoms. The third kappa shape index (κ3) is 6.09. The molecule has 0 bridgehead atoms. The summed E-state index contributed by atoms with van der Waals surface area (Å²) in [6.45, 7) is 5.83. The molecule has 0 heterocycles. The lowest BCUT2D eigenvalue weighted by Gasteiger charge is -2.21. The molecule has 27 heavy (non-hydrogen) atoms. The van der Waals surface area contributed by atoms with Crippen LogP contribution in [0, 0.1) is 0 Å². The molecule has 7 heteroatoms. The molecule has 0 fully saturated rings. The quantitative estimate of drug-likeness (QED) is 0.742. The molecular weight excluding hydrogens is 380 g/mol. The number of rotatable bonds is 6. The van der Waals surface area contributed by atoms with Gasteiger partial charge in [0.15, 0.2) is 0 Å². The highest BCUT2D eigenvalue weighted by Gasteiger charge is 2.22. The summed E-state index contributed by atoms with van der Waals surface area (Å²) < 4.78 is 27.3. The van der Waals surface area contributed by atoms with E-state index in [1.807, 2.05) is 30.5 Å². The molecule has 0 atom stereocenters. The minimum absolute atomic E-state index is 0.143. The zero-order valence-corrected chi connectivity index (χ0v) is 17.9. The first-order chi connectivity index (χ1) is 12.5. The van der Waals surface area contributed by atoms with Gasteiger partial charge in [0, 0.05) is 29.6 Å². The third-order valence-corrected chi connectivity index (χ3v) is 6.30. The zero-order chi connectivity index (χ0) is 20.2. The summed E-state index contributed by atoms with van der Waals surface area (Å²) in [5, 5.41) is 0. The van der Waals surface area contributed by atoms with Crippen LogP contribution in [0.4, 0.5) is 0 Å². The fourth-order valence-electron chi connectivity index (χ4n) is 2.54. The van der Waals surface area contributed by atoms with Crippen LogP contribution in [0.3, 0.4) is 0 Å².